The zero-order chi connectivity index (χ0) is 18.3. The molecule has 8 nitrogen and oxygen atoms in total. The van der Waals surface area contributed by atoms with Crippen LogP contribution in [-0.4, -0.2) is 75.1 Å². The lowest BCUT2D eigenvalue weighted by atomic mass is 9.93. The summed E-state index contributed by atoms with van der Waals surface area (Å²) < 4.78 is 1.69. The Balaban J connectivity index is 1.56. The molecule has 0 saturated carbocycles. The van der Waals surface area contributed by atoms with E-state index in [1.54, 1.807) is 40.3 Å². The molecule has 136 valence electrons. The van der Waals surface area contributed by atoms with E-state index in [1.165, 1.54) is 0 Å². The van der Waals surface area contributed by atoms with E-state index in [0.29, 0.717) is 31.7 Å². The fourth-order valence-corrected chi connectivity index (χ4v) is 3.88. The Kier molecular flexibility index (Phi) is 3.99. The fourth-order valence-electron chi connectivity index (χ4n) is 3.88. The molecule has 0 aliphatic carbocycles. The summed E-state index contributed by atoms with van der Waals surface area (Å²) >= 11 is 0. The molecule has 26 heavy (non-hydrogen) atoms. The standard InChI is InChI=1S/C18H22N6O2/c1-21-11-16(25)24(15-9-20-22(2)10-15)13-18(21)5-7-23(12-18)17(26)14-4-3-6-19-8-14/h3-4,6,8-10H,5,7,11-13H2,1-2H3. The number of carbonyl (C=O) groups is 2. The van der Waals surface area contributed by atoms with E-state index in [0.717, 1.165) is 12.1 Å². The molecule has 2 aromatic rings. The molecule has 0 aromatic carbocycles. The molecule has 0 bridgehead atoms. The van der Waals surface area contributed by atoms with Crippen LogP contribution in [0.15, 0.2) is 36.9 Å². The normalized spacial score (nSPS) is 23.8. The average molecular weight is 354 g/mol. The summed E-state index contributed by atoms with van der Waals surface area (Å²) in [4.78, 5) is 35.1. The second kappa shape index (κ2) is 6.21. The number of likely N-dealkylation sites (N-methyl/N-ethyl adjacent to an activating group) is 1. The van der Waals surface area contributed by atoms with Gasteiger partial charge in [-0.1, -0.05) is 0 Å². The third kappa shape index (κ3) is 2.76. The molecule has 1 spiro atoms. The number of carbonyl (C=O) groups excluding carboxylic acids is 2. The molecule has 0 radical (unpaired) electrons. The summed E-state index contributed by atoms with van der Waals surface area (Å²) in [5.41, 5.74) is 1.17. The highest BCUT2D eigenvalue weighted by atomic mass is 16.2. The Morgan fingerprint density at radius 2 is 2.08 bits per heavy atom. The third-order valence-electron chi connectivity index (χ3n) is 5.47. The van der Waals surface area contributed by atoms with Gasteiger partial charge in [0.2, 0.25) is 5.91 Å². The van der Waals surface area contributed by atoms with E-state index in [9.17, 15) is 9.59 Å². The van der Waals surface area contributed by atoms with Gasteiger partial charge in [0, 0.05) is 45.3 Å². The van der Waals surface area contributed by atoms with E-state index < -0.39 is 0 Å². The number of hydrogen-bond donors (Lipinski definition) is 0. The molecule has 8 heteroatoms. The molecule has 4 heterocycles. The van der Waals surface area contributed by atoms with Crippen molar-refractivity contribution in [3.63, 3.8) is 0 Å². The van der Waals surface area contributed by atoms with Gasteiger partial charge in [0.1, 0.15) is 0 Å². The van der Waals surface area contributed by atoms with Crippen LogP contribution in [0.1, 0.15) is 16.8 Å². The number of aryl methyl sites for hydroxylation is 1. The van der Waals surface area contributed by atoms with Crippen LogP contribution >= 0.6 is 0 Å². The maximum Gasteiger partial charge on any atom is 0.255 e. The Morgan fingerprint density at radius 1 is 1.23 bits per heavy atom. The number of pyridine rings is 1. The van der Waals surface area contributed by atoms with Crippen molar-refractivity contribution < 1.29 is 9.59 Å². The fraction of sp³-hybridized carbons (Fsp3) is 0.444. The zero-order valence-corrected chi connectivity index (χ0v) is 15.0. The van der Waals surface area contributed by atoms with E-state index in [-0.39, 0.29) is 17.4 Å². The SMILES string of the molecule is CN1CC(=O)N(c2cnn(C)c2)CC12CCN(C(=O)c1cccnc1)C2. The number of rotatable bonds is 2. The number of nitrogens with zero attached hydrogens (tertiary/aromatic N) is 6. The number of amides is 2. The van der Waals surface area contributed by atoms with Crippen LogP contribution in [-0.2, 0) is 11.8 Å². The number of hydrogen-bond acceptors (Lipinski definition) is 5. The van der Waals surface area contributed by atoms with Gasteiger partial charge < -0.3 is 9.80 Å². The summed E-state index contributed by atoms with van der Waals surface area (Å²) in [5, 5.41) is 4.18. The maximum atomic E-state index is 12.8. The van der Waals surface area contributed by atoms with E-state index in [2.05, 4.69) is 15.0 Å². The minimum Gasteiger partial charge on any atom is -0.337 e. The first-order valence-electron chi connectivity index (χ1n) is 8.68. The second-order valence-corrected chi connectivity index (χ2v) is 7.15. The quantitative estimate of drug-likeness (QED) is 0.779. The molecule has 1 atom stereocenters. The molecular weight excluding hydrogens is 332 g/mol. The Labute approximate surface area is 152 Å². The third-order valence-corrected chi connectivity index (χ3v) is 5.47. The van der Waals surface area contributed by atoms with Crippen molar-refractivity contribution in [3.05, 3.63) is 42.5 Å². The Morgan fingerprint density at radius 3 is 2.77 bits per heavy atom. The number of anilines is 1. The maximum absolute atomic E-state index is 12.8. The van der Waals surface area contributed by atoms with E-state index >= 15 is 0 Å². The molecule has 2 aliphatic heterocycles. The summed E-state index contributed by atoms with van der Waals surface area (Å²) in [6.07, 6.45) is 7.66. The molecular formula is C18H22N6O2. The van der Waals surface area contributed by atoms with Crippen LogP contribution in [0.4, 0.5) is 5.69 Å². The molecule has 2 saturated heterocycles. The summed E-state index contributed by atoms with van der Waals surface area (Å²) in [7, 11) is 3.81. The van der Waals surface area contributed by atoms with E-state index in [4.69, 9.17) is 0 Å². The Hall–Kier alpha value is -2.74. The van der Waals surface area contributed by atoms with Crippen molar-refractivity contribution in [2.75, 3.05) is 38.1 Å². The summed E-state index contributed by atoms with van der Waals surface area (Å²) in [5.74, 6) is 0.0522. The first-order chi connectivity index (χ1) is 12.5. The van der Waals surface area contributed by atoms with Gasteiger partial charge in [-0.3, -0.25) is 24.2 Å². The van der Waals surface area contributed by atoms with Gasteiger partial charge in [-0.2, -0.15) is 5.10 Å². The van der Waals surface area contributed by atoms with Gasteiger partial charge in [-0.05, 0) is 25.6 Å². The van der Waals surface area contributed by atoms with Crippen molar-refractivity contribution in [3.8, 4) is 0 Å². The van der Waals surface area contributed by atoms with Crippen LogP contribution in [0.25, 0.3) is 0 Å². The van der Waals surface area contributed by atoms with Crippen molar-refractivity contribution in [2.24, 2.45) is 7.05 Å². The first-order valence-corrected chi connectivity index (χ1v) is 8.68. The topological polar surface area (TPSA) is 74.6 Å². The zero-order valence-electron chi connectivity index (χ0n) is 15.0. The van der Waals surface area contributed by atoms with Crippen LogP contribution in [0.5, 0.6) is 0 Å². The number of piperazine rings is 1. The molecule has 4 rings (SSSR count). The van der Waals surface area contributed by atoms with Crippen LogP contribution in [0, 0.1) is 0 Å². The minimum atomic E-state index is -0.235. The lowest BCUT2D eigenvalue weighted by Crippen LogP contribution is -2.64. The Bertz CT molecular complexity index is 835. The molecule has 0 N–H and O–H groups in total. The molecule has 2 amide bonds. The number of likely N-dealkylation sites (tertiary alicyclic amines) is 1. The smallest absolute Gasteiger partial charge is 0.255 e. The largest absolute Gasteiger partial charge is 0.337 e. The van der Waals surface area contributed by atoms with Gasteiger partial charge in [0.15, 0.2) is 0 Å². The molecule has 2 aromatic heterocycles. The highest BCUT2D eigenvalue weighted by Crippen LogP contribution is 2.33. The summed E-state index contributed by atoms with van der Waals surface area (Å²) in [6.45, 7) is 2.17. The van der Waals surface area contributed by atoms with Crippen molar-refractivity contribution in [2.45, 2.75) is 12.0 Å². The second-order valence-electron chi connectivity index (χ2n) is 7.15. The number of aromatic nitrogens is 3. The molecule has 2 fully saturated rings. The van der Waals surface area contributed by atoms with Gasteiger partial charge in [-0.25, -0.2) is 0 Å². The average Bonchev–Trinajstić information content (AvgIpc) is 3.26. The van der Waals surface area contributed by atoms with Gasteiger partial charge in [0.05, 0.1) is 29.5 Å². The first kappa shape index (κ1) is 16.7. The van der Waals surface area contributed by atoms with Gasteiger partial charge >= 0.3 is 0 Å². The van der Waals surface area contributed by atoms with Crippen molar-refractivity contribution in [1.29, 1.82) is 0 Å². The summed E-state index contributed by atoms with van der Waals surface area (Å²) in [6, 6.07) is 3.56. The molecule has 2 aliphatic rings. The van der Waals surface area contributed by atoms with Crippen LogP contribution < -0.4 is 4.90 Å². The van der Waals surface area contributed by atoms with E-state index in [1.807, 2.05) is 25.2 Å². The lowest BCUT2D eigenvalue weighted by molar-refractivity contribution is -0.123. The molecule has 1 unspecified atom stereocenters. The minimum absolute atomic E-state index is 0.00629. The monoisotopic (exact) mass is 354 g/mol. The van der Waals surface area contributed by atoms with Crippen molar-refractivity contribution >= 4 is 17.5 Å². The predicted octanol–water partition coefficient (Wildman–Crippen LogP) is 0.378. The van der Waals surface area contributed by atoms with Gasteiger partial charge in [0.25, 0.3) is 5.91 Å². The highest BCUT2D eigenvalue weighted by molar-refractivity contribution is 5.96. The van der Waals surface area contributed by atoms with Crippen LogP contribution in [0.3, 0.4) is 0 Å². The van der Waals surface area contributed by atoms with Crippen molar-refractivity contribution in [1.82, 2.24) is 24.6 Å². The predicted molar refractivity (Wildman–Crippen MR) is 95.7 cm³/mol. The lowest BCUT2D eigenvalue weighted by Gasteiger charge is -2.46. The van der Waals surface area contributed by atoms with Gasteiger partial charge in [-0.15, -0.1) is 0 Å². The van der Waals surface area contributed by atoms with Crippen LogP contribution in [0.2, 0.25) is 0 Å². The highest BCUT2D eigenvalue weighted by Gasteiger charge is 2.48.